The Labute approximate surface area is 89.5 Å². The van der Waals surface area contributed by atoms with E-state index in [0.717, 1.165) is 11.3 Å². The van der Waals surface area contributed by atoms with Crippen LogP contribution < -0.4 is 5.32 Å². The van der Waals surface area contributed by atoms with Gasteiger partial charge in [0.15, 0.2) is 5.13 Å². The van der Waals surface area contributed by atoms with Gasteiger partial charge in [0.05, 0.1) is 9.48 Å². The lowest BCUT2D eigenvalue weighted by Gasteiger charge is -2.03. The minimum Gasteiger partial charge on any atom is -0.294 e. The Bertz CT molecular complexity index is 343. The molecule has 1 aromatic heterocycles. The average molecular weight is 289 g/mol. The Hall–Kier alpha value is -0.630. The third-order valence-corrected chi connectivity index (χ3v) is 3.14. The number of carbonyl (C=O) groups excluding carboxylic acids is 1. The van der Waals surface area contributed by atoms with E-state index in [9.17, 15) is 18.0 Å². The van der Waals surface area contributed by atoms with Gasteiger partial charge in [0.1, 0.15) is 0 Å². The monoisotopic (exact) mass is 288 g/mol. The van der Waals surface area contributed by atoms with Gasteiger partial charge in [0.2, 0.25) is 0 Å². The molecule has 1 rings (SSSR count). The van der Waals surface area contributed by atoms with E-state index in [2.05, 4.69) is 20.9 Å². The lowest BCUT2D eigenvalue weighted by Crippen LogP contribution is -2.29. The first-order valence-electron chi connectivity index (χ1n) is 3.32. The molecule has 0 aliphatic rings. The van der Waals surface area contributed by atoms with E-state index in [1.165, 1.54) is 0 Å². The van der Waals surface area contributed by atoms with E-state index in [1.807, 2.05) is 0 Å². The highest BCUT2D eigenvalue weighted by Gasteiger charge is 2.39. The van der Waals surface area contributed by atoms with Crippen LogP contribution in [-0.2, 0) is 4.79 Å². The third-order valence-electron chi connectivity index (χ3n) is 1.22. The molecule has 0 bridgehead atoms. The first-order valence-corrected chi connectivity index (χ1v) is 4.93. The molecule has 1 aromatic rings. The van der Waals surface area contributed by atoms with E-state index in [-0.39, 0.29) is 5.13 Å². The summed E-state index contributed by atoms with van der Waals surface area (Å²) in [6.07, 6.45) is -4.88. The summed E-state index contributed by atoms with van der Waals surface area (Å²) in [7, 11) is 0. The SMILES string of the molecule is Cc1nc(NC(=O)C(F)(F)F)sc1Br. The second-order valence-electron chi connectivity index (χ2n) is 2.33. The fraction of sp³-hybridized carbons (Fsp3) is 0.333. The quantitative estimate of drug-likeness (QED) is 0.863. The van der Waals surface area contributed by atoms with Crippen molar-refractivity contribution < 1.29 is 18.0 Å². The first-order chi connectivity index (χ1) is 6.30. The molecule has 1 N–H and O–H groups in total. The molecule has 0 saturated carbocycles. The maximum Gasteiger partial charge on any atom is 0.471 e. The predicted octanol–water partition coefficient (Wildman–Crippen LogP) is 2.71. The zero-order valence-corrected chi connectivity index (χ0v) is 9.18. The molecule has 8 heteroatoms. The Balaban J connectivity index is 2.75. The lowest BCUT2D eigenvalue weighted by atomic mass is 10.6. The van der Waals surface area contributed by atoms with E-state index < -0.39 is 12.1 Å². The number of anilines is 1. The molecule has 0 aromatic carbocycles. The number of hydrogen-bond donors (Lipinski definition) is 1. The molecule has 0 fully saturated rings. The largest absolute Gasteiger partial charge is 0.471 e. The van der Waals surface area contributed by atoms with Gasteiger partial charge in [-0.05, 0) is 22.9 Å². The molecule has 0 saturated heterocycles. The second kappa shape index (κ2) is 3.85. The molecule has 78 valence electrons. The number of amides is 1. The summed E-state index contributed by atoms with van der Waals surface area (Å²) in [5, 5.41) is 1.58. The summed E-state index contributed by atoms with van der Waals surface area (Å²) in [5.74, 6) is -2.02. The van der Waals surface area contributed by atoms with E-state index in [1.54, 1.807) is 12.2 Å². The molecular formula is C6H4BrF3N2OS. The van der Waals surface area contributed by atoms with Gasteiger partial charge < -0.3 is 0 Å². The van der Waals surface area contributed by atoms with Crippen LogP contribution in [0, 0.1) is 6.92 Å². The normalized spacial score (nSPS) is 11.5. The highest BCUT2D eigenvalue weighted by atomic mass is 79.9. The minimum absolute atomic E-state index is 0.0725. The number of carbonyl (C=O) groups is 1. The second-order valence-corrected chi connectivity index (χ2v) is 4.65. The summed E-state index contributed by atoms with van der Waals surface area (Å²) in [6, 6.07) is 0. The van der Waals surface area contributed by atoms with Crippen molar-refractivity contribution in [2.45, 2.75) is 13.1 Å². The molecule has 0 unspecified atom stereocenters. The Morgan fingerprint density at radius 2 is 2.14 bits per heavy atom. The first kappa shape index (κ1) is 11.4. The summed E-state index contributed by atoms with van der Waals surface area (Å²) in [5.41, 5.74) is 0.535. The van der Waals surface area contributed by atoms with Crippen LogP contribution in [0.25, 0.3) is 0 Å². The van der Waals surface area contributed by atoms with Crippen LogP contribution >= 0.6 is 27.3 Å². The number of hydrogen-bond acceptors (Lipinski definition) is 3. The zero-order valence-electron chi connectivity index (χ0n) is 6.78. The molecule has 3 nitrogen and oxygen atoms in total. The number of halogens is 4. The zero-order chi connectivity index (χ0) is 10.9. The summed E-state index contributed by atoms with van der Waals surface area (Å²) in [4.78, 5) is 14.2. The maximum atomic E-state index is 11.8. The molecular weight excluding hydrogens is 285 g/mol. The standard InChI is InChI=1S/C6H4BrF3N2OS/c1-2-3(7)14-5(11-2)12-4(13)6(8,9)10/h1H3,(H,11,12,13). The number of alkyl halides is 3. The number of nitrogens with one attached hydrogen (secondary N) is 1. The van der Waals surface area contributed by atoms with Crippen molar-refractivity contribution >= 4 is 38.3 Å². The number of rotatable bonds is 1. The Morgan fingerprint density at radius 1 is 1.57 bits per heavy atom. The predicted molar refractivity (Wildman–Crippen MR) is 49.2 cm³/mol. The molecule has 1 amide bonds. The smallest absolute Gasteiger partial charge is 0.294 e. The summed E-state index contributed by atoms with van der Waals surface area (Å²) < 4.78 is 36.0. The highest BCUT2D eigenvalue weighted by Crippen LogP contribution is 2.28. The van der Waals surface area contributed by atoms with Crippen LogP contribution in [0.5, 0.6) is 0 Å². The van der Waals surface area contributed by atoms with Crippen molar-refractivity contribution in [2.75, 3.05) is 5.32 Å². The van der Waals surface area contributed by atoms with Crippen molar-refractivity contribution in [1.82, 2.24) is 4.98 Å². The molecule has 14 heavy (non-hydrogen) atoms. The van der Waals surface area contributed by atoms with E-state index >= 15 is 0 Å². The molecule has 0 spiro atoms. The third kappa shape index (κ3) is 2.68. The highest BCUT2D eigenvalue weighted by molar-refractivity contribution is 9.11. The van der Waals surface area contributed by atoms with Gasteiger partial charge in [-0.3, -0.25) is 10.1 Å². The van der Waals surface area contributed by atoms with Gasteiger partial charge in [-0.2, -0.15) is 13.2 Å². The molecule has 0 radical (unpaired) electrons. The molecule has 0 aliphatic carbocycles. The Morgan fingerprint density at radius 3 is 2.50 bits per heavy atom. The van der Waals surface area contributed by atoms with Gasteiger partial charge >= 0.3 is 12.1 Å². The summed E-state index contributed by atoms with van der Waals surface area (Å²) in [6.45, 7) is 1.61. The average Bonchev–Trinajstić information content (AvgIpc) is 2.29. The fourth-order valence-corrected chi connectivity index (χ4v) is 1.84. The van der Waals surface area contributed by atoms with Crippen LogP contribution in [0.15, 0.2) is 3.79 Å². The molecule has 0 aliphatic heterocycles. The van der Waals surface area contributed by atoms with Gasteiger partial charge in [0, 0.05) is 0 Å². The Kier molecular flexibility index (Phi) is 3.15. The maximum absolute atomic E-state index is 11.8. The number of aromatic nitrogens is 1. The van der Waals surface area contributed by atoms with Gasteiger partial charge in [-0.25, -0.2) is 4.98 Å². The van der Waals surface area contributed by atoms with Crippen LogP contribution in [0.2, 0.25) is 0 Å². The van der Waals surface area contributed by atoms with Crippen molar-refractivity contribution in [3.8, 4) is 0 Å². The van der Waals surface area contributed by atoms with Crippen molar-refractivity contribution in [1.29, 1.82) is 0 Å². The minimum atomic E-state index is -4.88. The van der Waals surface area contributed by atoms with E-state index in [0.29, 0.717) is 9.48 Å². The summed E-state index contributed by atoms with van der Waals surface area (Å²) >= 11 is 4.01. The van der Waals surface area contributed by atoms with Crippen molar-refractivity contribution in [2.24, 2.45) is 0 Å². The topological polar surface area (TPSA) is 42.0 Å². The van der Waals surface area contributed by atoms with E-state index in [4.69, 9.17) is 0 Å². The number of aryl methyl sites for hydroxylation is 1. The van der Waals surface area contributed by atoms with Crippen LogP contribution in [0.1, 0.15) is 5.69 Å². The van der Waals surface area contributed by atoms with Gasteiger partial charge in [-0.15, -0.1) is 0 Å². The van der Waals surface area contributed by atoms with Gasteiger partial charge in [-0.1, -0.05) is 11.3 Å². The van der Waals surface area contributed by atoms with Crippen LogP contribution in [0.3, 0.4) is 0 Å². The fourth-order valence-electron chi connectivity index (χ4n) is 0.599. The van der Waals surface area contributed by atoms with Crippen molar-refractivity contribution in [3.05, 3.63) is 9.48 Å². The van der Waals surface area contributed by atoms with Crippen LogP contribution in [0.4, 0.5) is 18.3 Å². The number of nitrogens with zero attached hydrogens (tertiary/aromatic N) is 1. The van der Waals surface area contributed by atoms with Crippen LogP contribution in [-0.4, -0.2) is 17.1 Å². The number of thiazole rings is 1. The molecule has 0 atom stereocenters. The van der Waals surface area contributed by atoms with Gasteiger partial charge in [0.25, 0.3) is 0 Å². The molecule has 1 heterocycles. The van der Waals surface area contributed by atoms with Crippen molar-refractivity contribution in [3.63, 3.8) is 0 Å². The lowest BCUT2D eigenvalue weighted by molar-refractivity contribution is -0.167.